The van der Waals surface area contributed by atoms with Crippen molar-refractivity contribution in [3.8, 4) is 11.4 Å². The van der Waals surface area contributed by atoms with E-state index < -0.39 is 0 Å². The van der Waals surface area contributed by atoms with Gasteiger partial charge in [-0.05, 0) is 36.8 Å². The summed E-state index contributed by atoms with van der Waals surface area (Å²) < 4.78 is 0. The Hall–Kier alpha value is -3.55. The van der Waals surface area contributed by atoms with Crippen LogP contribution in [0.25, 0.3) is 11.4 Å². The summed E-state index contributed by atoms with van der Waals surface area (Å²) in [6.07, 6.45) is 3.61. The maximum Gasteiger partial charge on any atom is 0.229 e. The second kappa shape index (κ2) is 7.59. The number of hydrogen-bond acceptors (Lipinski definition) is 5. The average molecular weight is 376 g/mol. The van der Waals surface area contributed by atoms with Crippen molar-refractivity contribution in [2.45, 2.75) is 19.9 Å². The highest BCUT2D eigenvalue weighted by molar-refractivity contribution is 5.97. The molecule has 28 heavy (non-hydrogen) atoms. The maximum atomic E-state index is 12.7. The molecule has 1 aliphatic rings. The lowest BCUT2D eigenvalue weighted by molar-refractivity contribution is -0.128. The number of carbonyl (C=O) groups is 2. The van der Waals surface area contributed by atoms with Crippen LogP contribution in [-0.2, 0) is 16.1 Å². The summed E-state index contributed by atoms with van der Waals surface area (Å²) in [6.45, 7) is 2.73. The van der Waals surface area contributed by atoms with Gasteiger partial charge >= 0.3 is 0 Å². The van der Waals surface area contributed by atoms with Gasteiger partial charge in [0.25, 0.3) is 0 Å². The van der Waals surface area contributed by atoms with Crippen LogP contribution < -0.4 is 5.32 Å². The van der Waals surface area contributed by atoms with Crippen LogP contribution >= 0.6 is 0 Å². The molecule has 8 heteroatoms. The predicted octanol–water partition coefficient (Wildman–Crippen LogP) is 2.16. The van der Waals surface area contributed by atoms with E-state index in [4.69, 9.17) is 0 Å². The maximum absolute atomic E-state index is 12.7. The third kappa shape index (κ3) is 3.90. The minimum absolute atomic E-state index is 0.0121. The minimum Gasteiger partial charge on any atom is -0.338 e. The van der Waals surface area contributed by atoms with Crippen molar-refractivity contribution in [2.75, 3.05) is 11.9 Å². The van der Waals surface area contributed by atoms with Gasteiger partial charge in [0.1, 0.15) is 5.82 Å². The smallest absolute Gasteiger partial charge is 0.229 e. The zero-order chi connectivity index (χ0) is 19.5. The van der Waals surface area contributed by atoms with E-state index in [-0.39, 0.29) is 24.2 Å². The Morgan fingerprint density at radius 3 is 2.86 bits per heavy atom. The molecule has 3 heterocycles. The first-order valence-corrected chi connectivity index (χ1v) is 9.05. The third-order valence-corrected chi connectivity index (χ3v) is 4.69. The molecular formula is C20H20N6O2. The van der Waals surface area contributed by atoms with E-state index in [0.29, 0.717) is 24.6 Å². The topological polar surface area (TPSA) is 104 Å². The predicted molar refractivity (Wildman–Crippen MR) is 103 cm³/mol. The number of benzene rings is 1. The number of aromatic amines is 1. The summed E-state index contributed by atoms with van der Waals surface area (Å²) in [5.74, 6) is 0.760. The fourth-order valence-electron chi connectivity index (χ4n) is 3.26. The van der Waals surface area contributed by atoms with Gasteiger partial charge in [-0.2, -0.15) is 5.10 Å². The van der Waals surface area contributed by atoms with E-state index in [0.717, 1.165) is 17.0 Å². The van der Waals surface area contributed by atoms with Crippen molar-refractivity contribution in [2.24, 2.45) is 5.92 Å². The first-order chi connectivity index (χ1) is 13.6. The molecule has 2 amide bonds. The van der Waals surface area contributed by atoms with Gasteiger partial charge in [0.2, 0.25) is 11.8 Å². The first-order valence-electron chi connectivity index (χ1n) is 9.05. The normalized spacial score (nSPS) is 16.4. The molecule has 0 saturated carbocycles. The average Bonchev–Trinajstić information content (AvgIpc) is 3.29. The lowest BCUT2D eigenvalue weighted by atomic mass is 10.1. The molecule has 0 spiro atoms. The van der Waals surface area contributed by atoms with Crippen LogP contribution in [0.15, 0.2) is 48.8 Å². The van der Waals surface area contributed by atoms with Gasteiger partial charge in [0.15, 0.2) is 5.82 Å². The Bertz CT molecular complexity index is 1000. The highest BCUT2D eigenvalue weighted by atomic mass is 16.2. The monoisotopic (exact) mass is 376 g/mol. The molecule has 1 fully saturated rings. The molecule has 142 valence electrons. The highest BCUT2D eigenvalue weighted by Crippen LogP contribution is 2.23. The van der Waals surface area contributed by atoms with Crippen LogP contribution in [0.1, 0.15) is 17.8 Å². The van der Waals surface area contributed by atoms with Crippen molar-refractivity contribution >= 4 is 17.5 Å². The minimum atomic E-state index is -0.372. The van der Waals surface area contributed by atoms with Gasteiger partial charge in [-0.1, -0.05) is 12.1 Å². The Balaban J connectivity index is 1.41. The van der Waals surface area contributed by atoms with Gasteiger partial charge in [-0.25, -0.2) is 4.98 Å². The van der Waals surface area contributed by atoms with Crippen LogP contribution in [0.2, 0.25) is 0 Å². The summed E-state index contributed by atoms with van der Waals surface area (Å²) in [7, 11) is 0. The highest BCUT2D eigenvalue weighted by Gasteiger charge is 2.34. The number of anilines is 1. The fraction of sp³-hybridized carbons (Fsp3) is 0.250. The molecule has 1 saturated heterocycles. The first kappa shape index (κ1) is 17.8. The molecular weight excluding hydrogens is 356 g/mol. The van der Waals surface area contributed by atoms with Crippen LogP contribution in [0.5, 0.6) is 0 Å². The number of hydrogen-bond donors (Lipinski definition) is 2. The Labute approximate surface area is 162 Å². The number of amides is 2. The van der Waals surface area contributed by atoms with Gasteiger partial charge in [-0.3, -0.25) is 19.7 Å². The zero-order valence-electron chi connectivity index (χ0n) is 15.4. The molecule has 2 aromatic heterocycles. The van der Waals surface area contributed by atoms with E-state index in [1.165, 1.54) is 0 Å². The van der Waals surface area contributed by atoms with Crippen molar-refractivity contribution in [1.82, 2.24) is 25.1 Å². The van der Waals surface area contributed by atoms with Crippen LogP contribution in [-0.4, -0.2) is 43.4 Å². The summed E-state index contributed by atoms with van der Waals surface area (Å²) in [5.41, 5.74) is 2.47. The number of aromatic nitrogens is 4. The molecule has 0 radical (unpaired) electrons. The Morgan fingerprint density at radius 2 is 2.11 bits per heavy atom. The van der Waals surface area contributed by atoms with E-state index >= 15 is 0 Å². The number of rotatable bonds is 5. The van der Waals surface area contributed by atoms with Crippen molar-refractivity contribution in [3.05, 3.63) is 60.2 Å². The lowest BCUT2D eigenvalue weighted by Gasteiger charge is -2.16. The largest absolute Gasteiger partial charge is 0.338 e. The number of carbonyl (C=O) groups excluding carboxylic acids is 2. The van der Waals surface area contributed by atoms with Gasteiger partial charge in [0, 0.05) is 43.2 Å². The van der Waals surface area contributed by atoms with Crippen molar-refractivity contribution < 1.29 is 9.59 Å². The molecule has 1 atom stereocenters. The molecule has 1 unspecified atom stereocenters. The quantitative estimate of drug-likeness (QED) is 0.710. The number of H-pyrrole nitrogens is 1. The molecule has 4 rings (SSSR count). The van der Waals surface area contributed by atoms with Crippen LogP contribution in [0.3, 0.4) is 0 Å². The second-order valence-electron chi connectivity index (χ2n) is 6.85. The van der Waals surface area contributed by atoms with Gasteiger partial charge < -0.3 is 10.2 Å². The van der Waals surface area contributed by atoms with E-state index in [2.05, 4.69) is 25.5 Å². The van der Waals surface area contributed by atoms with E-state index in [9.17, 15) is 9.59 Å². The van der Waals surface area contributed by atoms with Crippen molar-refractivity contribution in [1.29, 1.82) is 0 Å². The molecule has 8 nitrogen and oxygen atoms in total. The molecule has 0 aliphatic carbocycles. The number of nitrogens with one attached hydrogen (secondary N) is 2. The van der Waals surface area contributed by atoms with Crippen molar-refractivity contribution in [3.63, 3.8) is 0 Å². The standard InChI is InChI=1S/C20H20N6O2/c1-13-22-19(25-24-13)15-3-2-4-17(9-15)23-20(28)16-10-18(27)26(12-16)11-14-5-7-21-8-6-14/h2-9,16H,10-12H2,1H3,(H,23,28)(H,22,24,25). The molecule has 2 N–H and O–H groups in total. The fourth-order valence-corrected chi connectivity index (χ4v) is 3.26. The molecule has 0 bridgehead atoms. The van der Waals surface area contributed by atoms with Gasteiger partial charge in [-0.15, -0.1) is 0 Å². The van der Waals surface area contributed by atoms with Crippen LogP contribution in [0, 0.1) is 12.8 Å². The summed E-state index contributed by atoms with van der Waals surface area (Å²) >= 11 is 0. The Kier molecular flexibility index (Phi) is 4.84. The zero-order valence-corrected chi connectivity index (χ0v) is 15.4. The lowest BCUT2D eigenvalue weighted by Crippen LogP contribution is -2.28. The van der Waals surface area contributed by atoms with Crippen LogP contribution in [0.4, 0.5) is 5.69 Å². The van der Waals surface area contributed by atoms with Gasteiger partial charge in [0.05, 0.1) is 5.92 Å². The number of likely N-dealkylation sites (tertiary alicyclic amines) is 1. The second-order valence-corrected chi connectivity index (χ2v) is 6.85. The summed E-state index contributed by atoms with van der Waals surface area (Å²) in [4.78, 5) is 35.0. The number of aryl methyl sites for hydroxylation is 1. The van der Waals surface area contributed by atoms with E-state index in [1.807, 2.05) is 43.3 Å². The number of pyridine rings is 1. The molecule has 1 aromatic carbocycles. The third-order valence-electron chi connectivity index (χ3n) is 4.69. The molecule has 3 aromatic rings. The van der Waals surface area contributed by atoms with E-state index in [1.54, 1.807) is 17.3 Å². The Morgan fingerprint density at radius 1 is 1.29 bits per heavy atom. The SMILES string of the molecule is Cc1nc(-c2cccc(NC(=O)C3CC(=O)N(Cc4ccncc4)C3)c2)n[nH]1. The summed E-state index contributed by atoms with van der Waals surface area (Å²) in [5, 5.41) is 9.86. The summed E-state index contributed by atoms with van der Waals surface area (Å²) in [6, 6.07) is 11.1. The molecule has 1 aliphatic heterocycles. The number of nitrogens with zero attached hydrogens (tertiary/aromatic N) is 4.